The van der Waals surface area contributed by atoms with Crippen molar-refractivity contribution in [3.05, 3.63) is 36.7 Å². The normalized spacial score (nSPS) is 25.2. The van der Waals surface area contributed by atoms with Crippen molar-refractivity contribution in [1.29, 1.82) is 0 Å². The zero-order valence-electron chi connectivity index (χ0n) is 8.33. The molecule has 2 heterocycles. The molecule has 0 saturated heterocycles. The molecule has 2 N–H and O–H groups in total. The van der Waals surface area contributed by atoms with Gasteiger partial charge < -0.3 is 10.6 Å². The average molecular weight is 189 g/mol. The van der Waals surface area contributed by atoms with Gasteiger partial charge in [-0.3, -0.25) is 4.98 Å². The van der Waals surface area contributed by atoms with E-state index in [1.807, 2.05) is 18.3 Å². The van der Waals surface area contributed by atoms with E-state index in [9.17, 15) is 0 Å². The zero-order chi connectivity index (χ0) is 9.86. The minimum atomic E-state index is 0.0792. The molecule has 0 amide bonds. The molecule has 74 valence electrons. The van der Waals surface area contributed by atoms with Crippen LogP contribution in [-0.2, 0) is 0 Å². The third-order valence-electron chi connectivity index (χ3n) is 2.43. The van der Waals surface area contributed by atoms with Gasteiger partial charge in [0.2, 0.25) is 0 Å². The maximum absolute atomic E-state index is 4.05. The lowest BCUT2D eigenvalue weighted by atomic mass is 10.1. The fourth-order valence-electron chi connectivity index (χ4n) is 1.54. The molecule has 3 heteroatoms. The van der Waals surface area contributed by atoms with E-state index in [0.717, 1.165) is 18.8 Å². The number of hydrogen-bond acceptors (Lipinski definition) is 3. The standard InChI is InChI=1S/C11H15N3/c1-11(5-3-7-14-11)9-13-10-4-2-6-12-8-10/h2-6,8,13-14H,7,9H2,1H3. The SMILES string of the molecule is CC1(CNc2cccnc2)C=CCN1. The van der Waals surface area contributed by atoms with Gasteiger partial charge in [-0.25, -0.2) is 0 Å². The smallest absolute Gasteiger partial charge is 0.0527 e. The molecule has 1 aromatic heterocycles. The molecule has 2 rings (SSSR count). The summed E-state index contributed by atoms with van der Waals surface area (Å²) < 4.78 is 0. The van der Waals surface area contributed by atoms with Gasteiger partial charge >= 0.3 is 0 Å². The summed E-state index contributed by atoms with van der Waals surface area (Å²) in [5, 5.41) is 6.76. The van der Waals surface area contributed by atoms with Crippen molar-refractivity contribution in [2.24, 2.45) is 0 Å². The van der Waals surface area contributed by atoms with E-state index in [0.29, 0.717) is 0 Å². The molecule has 1 aliphatic rings. The second-order valence-electron chi connectivity index (χ2n) is 3.80. The van der Waals surface area contributed by atoms with Crippen LogP contribution in [0.15, 0.2) is 36.7 Å². The Bertz CT molecular complexity index is 321. The van der Waals surface area contributed by atoms with Crippen LogP contribution in [0.25, 0.3) is 0 Å². The van der Waals surface area contributed by atoms with Crippen molar-refractivity contribution in [3.63, 3.8) is 0 Å². The lowest BCUT2D eigenvalue weighted by Gasteiger charge is -2.23. The van der Waals surface area contributed by atoms with Crippen molar-refractivity contribution in [2.75, 3.05) is 18.4 Å². The summed E-state index contributed by atoms with van der Waals surface area (Å²) in [6.45, 7) is 4.03. The molecule has 1 aromatic rings. The maximum Gasteiger partial charge on any atom is 0.0527 e. The Morgan fingerprint density at radius 1 is 1.64 bits per heavy atom. The van der Waals surface area contributed by atoms with Crippen molar-refractivity contribution >= 4 is 5.69 Å². The largest absolute Gasteiger partial charge is 0.382 e. The molecule has 0 radical (unpaired) electrons. The summed E-state index contributed by atoms with van der Waals surface area (Å²) in [7, 11) is 0. The first kappa shape index (κ1) is 9.21. The topological polar surface area (TPSA) is 37.0 Å². The summed E-state index contributed by atoms with van der Waals surface area (Å²) in [4.78, 5) is 4.05. The number of hydrogen-bond donors (Lipinski definition) is 2. The third-order valence-corrected chi connectivity index (χ3v) is 2.43. The van der Waals surface area contributed by atoms with Gasteiger partial charge in [0.05, 0.1) is 11.2 Å². The summed E-state index contributed by atoms with van der Waals surface area (Å²) in [6.07, 6.45) is 7.98. The van der Waals surface area contributed by atoms with Crippen LogP contribution in [0.3, 0.4) is 0 Å². The van der Waals surface area contributed by atoms with E-state index in [1.165, 1.54) is 0 Å². The molecule has 0 fully saturated rings. The molecule has 0 aliphatic carbocycles. The van der Waals surface area contributed by atoms with E-state index in [1.54, 1.807) is 6.20 Å². The lowest BCUT2D eigenvalue weighted by Crippen LogP contribution is -2.42. The Labute approximate surface area is 84.2 Å². The monoisotopic (exact) mass is 189 g/mol. The number of anilines is 1. The van der Waals surface area contributed by atoms with Crippen LogP contribution in [0.5, 0.6) is 0 Å². The second-order valence-corrected chi connectivity index (χ2v) is 3.80. The molecule has 3 nitrogen and oxygen atoms in total. The number of aromatic nitrogens is 1. The fourth-order valence-corrected chi connectivity index (χ4v) is 1.54. The Morgan fingerprint density at radius 3 is 3.21 bits per heavy atom. The van der Waals surface area contributed by atoms with Crippen LogP contribution in [-0.4, -0.2) is 23.6 Å². The van der Waals surface area contributed by atoms with Gasteiger partial charge in [-0.15, -0.1) is 0 Å². The number of nitrogens with one attached hydrogen (secondary N) is 2. The number of pyridine rings is 1. The number of nitrogens with zero attached hydrogens (tertiary/aromatic N) is 1. The van der Waals surface area contributed by atoms with Crippen LogP contribution in [0.2, 0.25) is 0 Å². The predicted octanol–water partition coefficient (Wildman–Crippen LogP) is 1.41. The maximum atomic E-state index is 4.05. The highest BCUT2D eigenvalue weighted by molar-refractivity contribution is 5.40. The Balaban J connectivity index is 1.91. The first-order valence-corrected chi connectivity index (χ1v) is 4.85. The van der Waals surface area contributed by atoms with Crippen molar-refractivity contribution in [3.8, 4) is 0 Å². The Morgan fingerprint density at radius 2 is 2.57 bits per heavy atom. The third kappa shape index (κ3) is 2.12. The first-order chi connectivity index (χ1) is 6.79. The summed E-state index contributed by atoms with van der Waals surface area (Å²) in [5.74, 6) is 0. The van der Waals surface area contributed by atoms with Crippen molar-refractivity contribution < 1.29 is 0 Å². The predicted molar refractivity (Wildman–Crippen MR) is 58.3 cm³/mol. The van der Waals surface area contributed by atoms with Gasteiger partial charge in [0, 0.05) is 25.5 Å². The lowest BCUT2D eigenvalue weighted by molar-refractivity contribution is 0.509. The number of rotatable bonds is 3. The Kier molecular flexibility index (Phi) is 2.50. The molecular weight excluding hydrogens is 174 g/mol. The van der Waals surface area contributed by atoms with Crippen LogP contribution < -0.4 is 10.6 Å². The highest BCUT2D eigenvalue weighted by atomic mass is 15.0. The van der Waals surface area contributed by atoms with Gasteiger partial charge in [0.15, 0.2) is 0 Å². The highest BCUT2D eigenvalue weighted by Crippen LogP contribution is 2.12. The highest BCUT2D eigenvalue weighted by Gasteiger charge is 2.22. The molecule has 0 bridgehead atoms. The van der Waals surface area contributed by atoms with Crippen LogP contribution in [0, 0.1) is 0 Å². The van der Waals surface area contributed by atoms with E-state index in [2.05, 4.69) is 34.7 Å². The molecule has 14 heavy (non-hydrogen) atoms. The van der Waals surface area contributed by atoms with E-state index >= 15 is 0 Å². The molecule has 0 spiro atoms. The average Bonchev–Trinajstić information content (AvgIpc) is 2.65. The fraction of sp³-hybridized carbons (Fsp3) is 0.364. The second kappa shape index (κ2) is 3.80. The van der Waals surface area contributed by atoms with Gasteiger partial charge in [-0.2, -0.15) is 0 Å². The van der Waals surface area contributed by atoms with Gasteiger partial charge in [-0.05, 0) is 19.1 Å². The Hall–Kier alpha value is -1.35. The first-order valence-electron chi connectivity index (χ1n) is 4.85. The van der Waals surface area contributed by atoms with E-state index in [4.69, 9.17) is 0 Å². The molecule has 1 atom stereocenters. The van der Waals surface area contributed by atoms with Gasteiger partial charge in [-0.1, -0.05) is 12.2 Å². The molecule has 0 saturated carbocycles. The molecular formula is C11H15N3. The van der Waals surface area contributed by atoms with Crippen LogP contribution >= 0.6 is 0 Å². The summed E-state index contributed by atoms with van der Waals surface area (Å²) in [5.41, 5.74) is 1.14. The summed E-state index contributed by atoms with van der Waals surface area (Å²) >= 11 is 0. The van der Waals surface area contributed by atoms with E-state index < -0.39 is 0 Å². The van der Waals surface area contributed by atoms with Crippen molar-refractivity contribution in [1.82, 2.24) is 10.3 Å². The molecule has 1 aliphatic heterocycles. The zero-order valence-corrected chi connectivity index (χ0v) is 8.33. The van der Waals surface area contributed by atoms with Gasteiger partial charge in [0.25, 0.3) is 0 Å². The minimum Gasteiger partial charge on any atom is -0.382 e. The van der Waals surface area contributed by atoms with Crippen LogP contribution in [0.4, 0.5) is 5.69 Å². The quantitative estimate of drug-likeness (QED) is 0.706. The minimum absolute atomic E-state index is 0.0792. The van der Waals surface area contributed by atoms with Crippen molar-refractivity contribution in [2.45, 2.75) is 12.5 Å². The van der Waals surface area contributed by atoms with Crippen LogP contribution in [0.1, 0.15) is 6.92 Å². The van der Waals surface area contributed by atoms with E-state index in [-0.39, 0.29) is 5.54 Å². The molecule has 1 unspecified atom stereocenters. The summed E-state index contributed by atoms with van der Waals surface area (Å²) in [6, 6.07) is 3.96. The molecule has 0 aromatic carbocycles. The van der Waals surface area contributed by atoms with Gasteiger partial charge in [0.1, 0.15) is 0 Å².